The summed E-state index contributed by atoms with van der Waals surface area (Å²) in [6.07, 6.45) is 3.72. The first-order valence-corrected chi connectivity index (χ1v) is 6.84. The Morgan fingerprint density at radius 2 is 2.16 bits per heavy atom. The van der Waals surface area contributed by atoms with Crippen molar-refractivity contribution in [2.75, 3.05) is 17.7 Å². The minimum absolute atomic E-state index is 0.00162. The van der Waals surface area contributed by atoms with Gasteiger partial charge in [0, 0.05) is 18.0 Å². The Balaban J connectivity index is 1.96. The number of carbonyl (C=O) groups is 1. The standard InChI is InChI=1S/C15H22N2O2/c1-10-7-11(2)14(9-13(10)16)17-15(18)8-12-5-3-4-6-19-12/h7,9,12H,3-6,8,16H2,1-2H3,(H,17,18). The number of nitrogens with one attached hydrogen (secondary N) is 1. The first kappa shape index (κ1) is 13.9. The van der Waals surface area contributed by atoms with E-state index in [1.807, 2.05) is 26.0 Å². The Morgan fingerprint density at radius 3 is 2.84 bits per heavy atom. The highest BCUT2D eigenvalue weighted by Crippen LogP contribution is 2.23. The van der Waals surface area contributed by atoms with Crippen molar-refractivity contribution in [3.63, 3.8) is 0 Å². The van der Waals surface area contributed by atoms with E-state index in [-0.39, 0.29) is 12.0 Å². The molecule has 0 bridgehead atoms. The molecule has 1 aliphatic heterocycles. The fourth-order valence-electron chi connectivity index (χ4n) is 2.38. The fraction of sp³-hybridized carbons (Fsp3) is 0.533. The van der Waals surface area contributed by atoms with E-state index < -0.39 is 0 Å². The highest BCUT2D eigenvalue weighted by Gasteiger charge is 2.18. The van der Waals surface area contributed by atoms with E-state index in [2.05, 4.69) is 5.32 Å². The van der Waals surface area contributed by atoms with Gasteiger partial charge in [-0.05, 0) is 50.3 Å². The summed E-state index contributed by atoms with van der Waals surface area (Å²) < 4.78 is 5.57. The molecule has 1 aromatic carbocycles. The molecule has 1 atom stereocenters. The van der Waals surface area contributed by atoms with E-state index in [0.717, 1.165) is 42.7 Å². The molecule has 2 rings (SSSR count). The van der Waals surface area contributed by atoms with Crippen molar-refractivity contribution in [3.8, 4) is 0 Å². The lowest BCUT2D eigenvalue weighted by Crippen LogP contribution is -2.25. The molecule has 1 unspecified atom stereocenters. The van der Waals surface area contributed by atoms with Crippen molar-refractivity contribution in [2.45, 2.75) is 45.6 Å². The highest BCUT2D eigenvalue weighted by molar-refractivity contribution is 5.92. The van der Waals surface area contributed by atoms with Gasteiger partial charge in [-0.3, -0.25) is 4.79 Å². The van der Waals surface area contributed by atoms with Crippen LogP contribution in [0.1, 0.15) is 36.8 Å². The predicted octanol–water partition coefficient (Wildman–Crippen LogP) is 2.78. The van der Waals surface area contributed by atoms with Gasteiger partial charge in [0.1, 0.15) is 0 Å². The molecule has 0 aromatic heterocycles. The molecule has 1 aromatic rings. The van der Waals surface area contributed by atoms with Crippen LogP contribution in [0.2, 0.25) is 0 Å². The number of benzene rings is 1. The molecule has 3 N–H and O–H groups in total. The Kier molecular flexibility index (Phi) is 4.43. The van der Waals surface area contributed by atoms with Crippen LogP contribution in [-0.4, -0.2) is 18.6 Å². The third-order valence-corrected chi connectivity index (χ3v) is 3.57. The number of nitrogen functional groups attached to an aromatic ring is 1. The fourth-order valence-corrected chi connectivity index (χ4v) is 2.38. The Hall–Kier alpha value is -1.55. The molecular formula is C15H22N2O2. The first-order chi connectivity index (χ1) is 9.06. The molecule has 19 heavy (non-hydrogen) atoms. The first-order valence-electron chi connectivity index (χ1n) is 6.84. The third-order valence-electron chi connectivity index (χ3n) is 3.57. The zero-order chi connectivity index (χ0) is 13.8. The Bertz CT molecular complexity index is 465. The van der Waals surface area contributed by atoms with Crippen LogP contribution in [0.4, 0.5) is 11.4 Å². The van der Waals surface area contributed by atoms with Gasteiger partial charge in [-0.2, -0.15) is 0 Å². The molecule has 0 spiro atoms. The van der Waals surface area contributed by atoms with Crippen LogP contribution >= 0.6 is 0 Å². The smallest absolute Gasteiger partial charge is 0.226 e. The predicted molar refractivity (Wildman–Crippen MR) is 77.2 cm³/mol. The lowest BCUT2D eigenvalue weighted by atomic mass is 10.1. The lowest BCUT2D eigenvalue weighted by Gasteiger charge is -2.22. The number of hydrogen-bond acceptors (Lipinski definition) is 3. The molecule has 1 amide bonds. The summed E-state index contributed by atoms with van der Waals surface area (Å²) in [6, 6.07) is 3.81. The van der Waals surface area contributed by atoms with Crippen molar-refractivity contribution in [3.05, 3.63) is 23.3 Å². The van der Waals surface area contributed by atoms with Crippen molar-refractivity contribution in [1.82, 2.24) is 0 Å². The maximum Gasteiger partial charge on any atom is 0.226 e. The maximum absolute atomic E-state index is 12.0. The van der Waals surface area contributed by atoms with Gasteiger partial charge in [-0.25, -0.2) is 0 Å². The van der Waals surface area contributed by atoms with Crippen LogP contribution in [0.3, 0.4) is 0 Å². The van der Waals surface area contributed by atoms with E-state index >= 15 is 0 Å². The highest BCUT2D eigenvalue weighted by atomic mass is 16.5. The van der Waals surface area contributed by atoms with Gasteiger partial charge in [-0.1, -0.05) is 6.07 Å². The normalized spacial score (nSPS) is 19.2. The summed E-state index contributed by atoms with van der Waals surface area (Å²) in [6.45, 7) is 4.71. The quantitative estimate of drug-likeness (QED) is 0.823. The van der Waals surface area contributed by atoms with Gasteiger partial charge in [0.2, 0.25) is 5.91 Å². The topological polar surface area (TPSA) is 64.3 Å². The second-order valence-electron chi connectivity index (χ2n) is 5.26. The van der Waals surface area contributed by atoms with Crippen LogP contribution in [0.5, 0.6) is 0 Å². The number of amides is 1. The largest absolute Gasteiger partial charge is 0.398 e. The number of aryl methyl sites for hydroxylation is 2. The molecule has 0 saturated carbocycles. The number of rotatable bonds is 3. The lowest BCUT2D eigenvalue weighted by molar-refractivity contribution is -0.119. The molecule has 1 aliphatic rings. The third kappa shape index (κ3) is 3.70. The molecule has 104 valence electrons. The van der Waals surface area contributed by atoms with Gasteiger partial charge in [0.15, 0.2) is 0 Å². The van der Waals surface area contributed by atoms with Gasteiger partial charge < -0.3 is 15.8 Å². The van der Waals surface area contributed by atoms with E-state index in [1.165, 1.54) is 0 Å². The second kappa shape index (κ2) is 6.06. The molecule has 4 heteroatoms. The van der Waals surface area contributed by atoms with Gasteiger partial charge in [-0.15, -0.1) is 0 Å². The minimum atomic E-state index is -0.00162. The molecule has 1 saturated heterocycles. The van der Waals surface area contributed by atoms with Gasteiger partial charge >= 0.3 is 0 Å². The molecule has 0 radical (unpaired) electrons. The average molecular weight is 262 g/mol. The van der Waals surface area contributed by atoms with Crippen molar-refractivity contribution < 1.29 is 9.53 Å². The van der Waals surface area contributed by atoms with Crippen LogP contribution in [0, 0.1) is 13.8 Å². The SMILES string of the molecule is Cc1cc(C)c(NC(=O)CC2CCCCO2)cc1N. The van der Waals surface area contributed by atoms with Crippen molar-refractivity contribution >= 4 is 17.3 Å². The summed E-state index contributed by atoms with van der Waals surface area (Å²) in [4.78, 5) is 12.0. The summed E-state index contributed by atoms with van der Waals surface area (Å²) >= 11 is 0. The summed E-state index contributed by atoms with van der Waals surface area (Å²) in [5.74, 6) is -0.00162. The van der Waals surface area contributed by atoms with Crippen LogP contribution in [0.25, 0.3) is 0 Å². The van der Waals surface area contributed by atoms with E-state index in [0.29, 0.717) is 12.1 Å². The summed E-state index contributed by atoms with van der Waals surface area (Å²) in [7, 11) is 0. The maximum atomic E-state index is 12.0. The molecular weight excluding hydrogens is 240 g/mol. The van der Waals surface area contributed by atoms with E-state index in [4.69, 9.17) is 10.5 Å². The van der Waals surface area contributed by atoms with Crippen molar-refractivity contribution in [1.29, 1.82) is 0 Å². The van der Waals surface area contributed by atoms with Crippen molar-refractivity contribution in [2.24, 2.45) is 0 Å². The summed E-state index contributed by atoms with van der Waals surface area (Å²) in [5, 5.41) is 2.93. The zero-order valence-corrected chi connectivity index (χ0v) is 11.7. The molecule has 4 nitrogen and oxygen atoms in total. The van der Waals surface area contributed by atoms with Crippen LogP contribution < -0.4 is 11.1 Å². The number of anilines is 2. The van der Waals surface area contributed by atoms with E-state index in [1.54, 1.807) is 0 Å². The molecule has 1 heterocycles. The second-order valence-corrected chi connectivity index (χ2v) is 5.26. The molecule has 1 fully saturated rings. The van der Waals surface area contributed by atoms with Crippen LogP contribution in [0.15, 0.2) is 12.1 Å². The summed E-state index contributed by atoms with van der Waals surface area (Å²) in [5.41, 5.74) is 9.44. The monoisotopic (exact) mass is 262 g/mol. The van der Waals surface area contributed by atoms with Crippen LogP contribution in [-0.2, 0) is 9.53 Å². The molecule has 0 aliphatic carbocycles. The number of nitrogens with two attached hydrogens (primary N) is 1. The number of carbonyl (C=O) groups excluding carboxylic acids is 1. The van der Waals surface area contributed by atoms with Gasteiger partial charge in [0.05, 0.1) is 12.5 Å². The minimum Gasteiger partial charge on any atom is -0.398 e. The Morgan fingerprint density at radius 1 is 1.37 bits per heavy atom. The number of hydrogen-bond donors (Lipinski definition) is 2. The Labute approximate surface area is 114 Å². The number of ether oxygens (including phenoxy) is 1. The average Bonchev–Trinajstić information content (AvgIpc) is 2.37. The van der Waals surface area contributed by atoms with Gasteiger partial charge in [0.25, 0.3) is 0 Å². The zero-order valence-electron chi connectivity index (χ0n) is 11.7. The van der Waals surface area contributed by atoms with E-state index in [9.17, 15) is 4.79 Å².